The lowest BCUT2D eigenvalue weighted by molar-refractivity contribution is 0.0947. The van der Waals surface area contributed by atoms with Crippen molar-refractivity contribution in [2.45, 2.75) is 39.2 Å². The first-order valence-corrected chi connectivity index (χ1v) is 8.61. The summed E-state index contributed by atoms with van der Waals surface area (Å²) in [7, 11) is 0. The van der Waals surface area contributed by atoms with E-state index in [0.717, 1.165) is 24.9 Å². The van der Waals surface area contributed by atoms with Gasteiger partial charge in [0, 0.05) is 30.2 Å². The van der Waals surface area contributed by atoms with Gasteiger partial charge in [-0.2, -0.15) is 5.10 Å². The van der Waals surface area contributed by atoms with Crippen LogP contribution in [0.1, 0.15) is 47.3 Å². The summed E-state index contributed by atoms with van der Waals surface area (Å²) >= 11 is 5.99. The van der Waals surface area contributed by atoms with E-state index >= 15 is 0 Å². The number of aliphatic hydroxyl groups is 1. The summed E-state index contributed by atoms with van der Waals surface area (Å²) in [6, 6.07) is 7.33. The van der Waals surface area contributed by atoms with Gasteiger partial charge in [0.2, 0.25) is 0 Å². The fraction of sp³-hybridized carbons (Fsp3) is 0.444. The molecule has 0 aliphatic carbocycles. The number of rotatable bonds is 8. The molecular weight excluding hydrogens is 326 g/mol. The molecule has 0 spiro atoms. The summed E-state index contributed by atoms with van der Waals surface area (Å²) in [5.41, 5.74) is 2.20. The summed E-state index contributed by atoms with van der Waals surface area (Å²) < 4.78 is 1.81. The van der Waals surface area contributed by atoms with Gasteiger partial charge in [0.15, 0.2) is 0 Å². The lowest BCUT2D eigenvalue weighted by Gasteiger charge is -2.15. The molecule has 0 radical (unpaired) electrons. The van der Waals surface area contributed by atoms with Crippen molar-refractivity contribution in [3.05, 3.63) is 52.3 Å². The number of aliphatic hydroxyl groups excluding tert-OH is 1. The number of carbonyl (C=O) groups is 1. The molecule has 1 unspecified atom stereocenters. The van der Waals surface area contributed by atoms with Gasteiger partial charge in [-0.25, -0.2) is 0 Å². The van der Waals surface area contributed by atoms with Gasteiger partial charge in [0.05, 0.1) is 17.9 Å². The monoisotopic (exact) mass is 349 g/mol. The molecule has 1 atom stereocenters. The number of nitrogens with zero attached hydrogens (tertiary/aromatic N) is 2. The van der Waals surface area contributed by atoms with Crippen molar-refractivity contribution in [1.82, 2.24) is 15.1 Å². The lowest BCUT2D eigenvalue weighted by Crippen LogP contribution is -2.30. The molecule has 1 heterocycles. The van der Waals surface area contributed by atoms with E-state index in [4.69, 9.17) is 11.6 Å². The molecule has 0 saturated carbocycles. The first-order valence-electron chi connectivity index (χ1n) is 8.23. The van der Waals surface area contributed by atoms with Crippen LogP contribution < -0.4 is 5.32 Å². The first-order chi connectivity index (χ1) is 11.5. The number of carbonyl (C=O) groups excluding carboxylic acids is 1. The van der Waals surface area contributed by atoms with Crippen LogP contribution >= 0.6 is 11.6 Å². The number of aromatic nitrogens is 2. The van der Waals surface area contributed by atoms with Crippen molar-refractivity contribution >= 4 is 17.5 Å². The highest BCUT2D eigenvalue weighted by Crippen LogP contribution is 2.19. The molecule has 1 amide bonds. The van der Waals surface area contributed by atoms with Gasteiger partial charge in [0.25, 0.3) is 5.91 Å². The van der Waals surface area contributed by atoms with Crippen molar-refractivity contribution in [3.63, 3.8) is 0 Å². The summed E-state index contributed by atoms with van der Waals surface area (Å²) in [5, 5.41) is 17.5. The Balaban J connectivity index is 2.00. The molecule has 0 fully saturated rings. The van der Waals surface area contributed by atoms with Crippen LogP contribution in [0.4, 0.5) is 0 Å². The fourth-order valence-electron chi connectivity index (χ4n) is 2.53. The van der Waals surface area contributed by atoms with Crippen molar-refractivity contribution in [1.29, 1.82) is 0 Å². The number of nitrogens with one attached hydrogen (secondary N) is 1. The minimum Gasteiger partial charge on any atom is -0.396 e. The molecule has 5 nitrogen and oxygen atoms in total. The largest absolute Gasteiger partial charge is 0.396 e. The second-order valence-corrected chi connectivity index (χ2v) is 6.33. The van der Waals surface area contributed by atoms with Crippen LogP contribution in [0.3, 0.4) is 0 Å². The van der Waals surface area contributed by atoms with Gasteiger partial charge in [-0.3, -0.25) is 9.48 Å². The number of hydrogen-bond acceptors (Lipinski definition) is 3. The molecule has 0 saturated heterocycles. The summed E-state index contributed by atoms with van der Waals surface area (Å²) in [6.07, 6.45) is 3.90. The maximum atomic E-state index is 12.4. The van der Waals surface area contributed by atoms with E-state index in [-0.39, 0.29) is 18.4 Å². The zero-order chi connectivity index (χ0) is 17.5. The Labute approximate surface area is 147 Å². The predicted molar refractivity (Wildman–Crippen MR) is 95.5 cm³/mol. The van der Waals surface area contributed by atoms with E-state index in [9.17, 15) is 9.90 Å². The van der Waals surface area contributed by atoms with Crippen LogP contribution in [0.5, 0.6) is 0 Å². The third-order valence-electron chi connectivity index (χ3n) is 3.98. The Morgan fingerprint density at radius 3 is 2.92 bits per heavy atom. The number of unbranched alkanes of at least 4 members (excludes halogenated alkanes) is 1. The van der Waals surface area contributed by atoms with E-state index in [1.807, 2.05) is 29.8 Å². The third-order valence-corrected chi connectivity index (χ3v) is 4.22. The van der Waals surface area contributed by atoms with Crippen LogP contribution in [0.15, 0.2) is 30.5 Å². The van der Waals surface area contributed by atoms with Crippen LogP contribution in [-0.4, -0.2) is 33.9 Å². The second kappa shape index (κ2) is 8.85. The van der Waals surface area contributed by atoms with Gasteiger partial charge < -0.3 is 10.4 Å². The predicted octanol–water partition coefficient (Wildman–Crippen LogP) is 3.15. The number of hydrogen-bond donors (Lipinski definition) is 2. The minimum absolute atomic E-state index is 0.0602. The third kappa shape index (κ3) is 4.82. The van der Waals surface area contributed by atoms with Crippen LogP contribution in [0, 0.1) is 6.92 Å². The molecule has 0 aliphatic heterocycles. The van der Waals surface area contributed by atoms with Crippen molar-refractivity contribution in [2.24, 2.45) is 0 Å². The molecule has 2 aromatic rings. The van der Waals surface area contributed by atoms with Gasteiger partial charge >= 0.3 is 0 Å². The second-order valence-electron chi connectivity index (χ2n) is 5.89. The van der Waals surface area contributed by atoms with Gasteiger partial charge in [-0.1, -0.05) is 37.1 Å². The maximum absolute atomic E-state index is 12.4. The van der Waals surface area contributed by atoms with E-state index < -0.39 is 0 Å². The van der Waals surface area contributed by atoms with Crippen molar-refractivity contribution in [3.8, 4) is 0 Å². The van der Waals surface area contributed by atoms with E-state index in [1.54, 1.807) is 12.3 Å². The highest BCUT2D eigenvalue weighted by atomic mass is 35.5. The standard InChI is InChI=1S/C18H24ClN3O2/c1-3-4-8-22-11-17(13(2)21-22)18(24)20-10-15(12-23)14-6-5-7-16(19)9-14/h5-7,9,11,15,23H,3-4,8,10,12H2,1-2H3,(H,20,24). The number of amides is 1. The number of aryl methyl sites for hydroxylation is 2. The van der Waals surface area contributed by atoms with Gasteiger partial charge in [0.1, 0.15) is 0 Å². The normalized spacial score (nSPS) is 12.2. The topological polar surface area (TPSA) is 67.2 Å². The first kappa shape index (κ1) is 18.5. The average Bonchev–Trinajstić information content (AvgIpc) is 2.94. The van der Waals surface area contributed by atoms with Crippen LogP contribution in [0.25, 0.3) is 0 Å². The SMILES string of the molecule is CCCCn1cc(C(=O)NCC(CO)c2cccc(Cl)c2)c(C)n1. The highest BCUT2D eigenvalue weighted by molar-refractivity contribution is 6.30. The Bertz CT molecular complexity index is 685. The molecule has 0 bridgehead atoms. The number of benzene rings is 1. The summed E-state index contributed by atoms with van der Waals surface area (Å²) in [5.74, 6) is -0.362. The smallest absolute Gasteiger partial charge is 0.254 e. The molecule has 1 aromatic heterocycles. The van der Waals surface area contributed by atoms with Gasteiger partial charge in [-0.05, 0) is 31.0 Å². The molecule has 130 valence electrons. The quantitative estimate of drug-likeness (QED) is 0.769. The fourth-order valence-corrected chi connectivity index (χ4v) is 2.73. The van der Waals surface area contributed by atoms with E-state index in [1.165, 1.54) is 0 Å². The Hall–Kier alpha value is -1.85. The molecule has 24 heavy (non-hydrogen) atoms. The zero-order valence-corrected chi connectivity index (χ0v) is 14.9. The molecule has 0 aliphatic rings. The molecular formula is C18H24ClN3O2. The zero-order valence-electron chi connectivity index (χ0n) is 14.1. The Morgan fingerprint density at radius 2 is 2.25 bits per heavy atom. The maximum Gasteiger partial charge on any atom is 0.254 e. The number of halogens is 1. The minimum atomic E-state index is -0.192. The molecule has 2 rings (SSSR count). The lowest BCUT2D eigenvalue weighted by atomic mass is 10.00. The molecule has 6 heteroatoms. The molecule has 1 aromatic carbocycles. The Morgan fingerprint density at radius 1 is 1.46 bits per heavy atom. The van der Waals surface area contributed by atoms with Crippen molar-refractivity contribution in [2.75, 3.05) is 13.2 Å². The average molecular weight is 350 g/mol. The Kier molecular flexibility index (Phi) is 6.82. The summed E-state index contributed by atoms with van der Waals surface area (Å²) in [4.78, 5) is 12.4. The van der Waals surface area contributed by atoms with Gasteiger partial charge in [-0.15, -0.1) is 0 Å². The van der Waals surface area contributed by atoms with Crippen LogP contribution in [0.2, 0.25) is 5.02 Å². The van der Waals surface area contributed by atoms with E-state index in [0.29, 0.717) is 22.8 Å². The van der Waals surface area contributed by atoms with Crippen LogP contribution in [-0.2, 0) is 6.54 Å². The highest BCUT2D eigenvalue weighted by Gasteiger charge is 2.16. The summed E-state index contributed by atoms with van der Waals surface area (Å²) in [6.45, 7) is 5.05. The molecule has 2 N–H and O–H groups in total. The van der Waals surface area contributed by atoms with Crippen molar-refractivity contribution < 1.29 is 9.90 Å². The van der Waals surface area contributed by atoms with E-state index in [2.05, 4.69) is 17.3 Å².